The molecule has 0 aliphatic carbocycles. The maximum Gasteiger partial charge on any atom is 0.165 e. The van der Waals surface area contributed by atoms with Crippen LogP contribution in [-0.4, -0.2) is 19.5 Å². The highest BCUT2D eigenvalue weighted by Gasteiger charge is 2.28. The Bertz CT molecular complexity index is 2400. The summed E-state index contributed by atoms with van der Waals surface area (Å²) in [4.78, 5) is 15.3. The number of fused-ring (bicyclic) bond motifs is 7. The average molecular weight is 601 g/mol. The van der Waals surface area contributed by atoms with Gasteiger partial charge in [0.05, 0.1) is 22.1 Å². The summed E-state index contributed by atoms with van der Waals surface area (Å²) in [5.74, 6) is 2.24. The summed E-state index contributed by atoms with van der Waals surface area (Å²) in [6, 6.07) is 38.4. The molecule has 0 fully saturated rings. The van der Waals surface area contributed by atoms with Crippen molar-refractivity contribution in [2.45, 2.75) is 52.4 Å². The lowest BCUT2D eigenvalue weighted by Gasteiger charge is -2.24. The van der Waals surface area contributed by atoms with Gasteiger partial charge in [-0.3, -0.25) is 0 Å². The van der Waals surface area contributed by atoms with Crippen LogP contribution in [-0.2, 0) is 10.8 Å². The van der Waals surface area contributed by atoms with Crippen LogP contribution in [0.1, 0.15) is 53.2 Å². The van der Waals surface area contributed by atoms with Gasteiger partial charge in [-0.15, -0.1) is 0 Å². The van der Waals surface area contributed by atoms with Gasteiger partial charge in [0.15, 0.2) is 5.82 Å². The highest BCUT2D eigenvalue weighted by molar-refractivity contribution is 6.24. The van der Waals surface area contributed by atoms with Crippen LogP contribution in [0, 0.1) is 0 Å². The first-order valence-electron chi connectivity index (χ1n) is 15.9. The van der Waals surface area contributed by atoms with Crippen molar-refractivity contribution in [3.63, 3.8) is 0 Å². The average Bonchev–Trinajstić information content (AvgIpc) is 3.59. The minimum Gasteiger partial charge on any atom is -0.455 e. The molecule has 226 valence electrons. The van der Waals surface area contributed by atoms with Crippen LogP contribution >= 0.6 is 0 Å². The quantitative estimate of drug-likeness (QED) is 0.202. The van der Waals surface area contributed by atoms with Gasteiger partial charge in [0, 0.05) is 38.1 Å². The molecule has 3 aromatic heterocycles. The summed E-state index contributed by atoms with van der Waals surface area (Å²) in [5.41, 5.74) is 7.64. The number of benzene rings is 5. The molecule has 0 saturated carbocycles. The summed E-state index contributed by atoms with van der Waals surface area (Å²) >= 11 is 0. The molecule has 0 N–H and O–H groups in total. The molecule has 0 amide bonds. The van der Waals surface area contributed by atoms with E-state index in [-0.39, 0.29) is 10.8 Å². The fourth-order valence-electron chi connectivity index (χ4n) is 6.46. The van der Waals surface area contributed by atoms with Crippen molar-refractivity contribution < 1.29 is 4.42 Å². The predicted molar refractivity (Wildman–Crippen MR) is 190 cm³/mol. The molecule has 0 unspecified atom stereocenters. The van der Waals surface area contributed by atoms with Crippen molar-refractivity contribution in [1.82, 2.24) is 19.5 Å². The summed E-state index contributed by atoms with van der Waals surface area (Å²) in [6.45, 7) is 12.9. The Balaban J connectivity index is 1.54. The van der Waals surface area contributed by atoms with Crippen molar-refractivity contribution in [2.24, 2.45) is 0 Å². The number of hydrogen-bond donors (Lipinski definition) is 0. The summed E-state index contributed by atoms with van der Waals surface area (Å²) in [7, 11) is 0. The van der Waals surface area contributed by atoms with E-state index in [4.69, 9.17) is 19.4 Å². The normalized spacial score (nSPS) is 12.6. The van der Waals surface area contributed by atoms with Gasteiger partial charge in [-0.25, -0.2) is 15.0 Å². The lowest BCUT2D eigenvalue weighted by atomic mass is 9.92. The zero-order chi connectivity index (χ0) is 31.8. The van der Waals surface area contributed by atoms with Crippen molar-refractivity contribution in [1.29, 1.82) is 0 Å². The molecule has 0 radical (unpaired) electrons. The second kappa shape index (κ2) is 10.1. The Morgan fingerprint density at radius 1 is 0.522 bits per heavy atom. The highest BCUT2D eigenvalue weighted by Crippen LogP contribution is 2.44. The SMILES string of the molecule is CC(C)(C)c1nc(-c2cccc(-c3ccccc3)c2-n2c3ccccc3c3c4oc5ccccc5c4ccc32)nc(C(C)(C)C)n1. The smallest absolute Gasteiger partial charge is 0.165 e. The standard InChI is InChI=1S/C41H36N4O/c1-40(2,3)38-42-37(43-39(44-38)41(4,5)6)30-20-14-19-26(25-15-8-7-9-16-25)35(30)45-31-21-12-10-18-29(31)34-32(45)24-23-28-27-17-11-13-22-33(27)46-36(28)34/h7-24H,1-6H3. The fraction of sp³-hybridized carbons (Fsp3) is 0.195. The minimum absolute atomic E-state index is 0.255. The number of rotatable bonds is 3. The number of furan rings is 1. The van der Waals surface area contributed by atoms with E-state index in [1.807, 2.05) is 12.1 Å². The van der Waals surface area contributed by atoms with Crippen LogP contribution in [0.5, 0.6) is 0 Å². The molecule has 0 bridgehead atoms. The van der Waals surface area contributed by atoms with Crippen molar-refractivity contribution in [3.05, 3.63) is 121 Å². The van der Waals surface area contributed by atoms with Gasteiger partial charge in [0.1, 0.15) is 22.8 Å². The van der Waals surface area contributed by atoms with E-state index in [0.717, 1.165) is 77.8 Å². The van der Waals surface area contributed by atoms with E-state index < -0.39 is 0 Å². The van der Waals surface area contributed by atoms with E-state index >= 15 is 0 Å². The maximum absolute atomic E-state index is 6.61. The second-order valence-electron chi connectivity index (χ2n) is 14.2. The van der Waals surface area contributed by atoms with Gasteiger partial charge in [-0.05, 0) is 35.9 Å². The van der Waals surface area contributed by atoms with Gasteiger partial charge in [0.25, 0.3) is 0 Å². The third-order valence-electron chi connectivity index (χ3n) is 8.74. The van der Waals surface area contributed by atoms with Gasteiger partial charge in [-0.1, -0.05) is 120 Å². The van der Waals surface area contributed by atoms with E-state index in [0.29, 0.717) is 5.82 Å². The lowest BCUT2D eigenvalue weighted by molar-refractivity contribution is 0.497. The predicted octanol–water partition coefficient (Wildman–Crippen LogP) is 10.8. The van der Waals surface area contributed by atoms with Crippen molar-refractivity contribution in [2.75, 3.05) is 0 Å². The Labute approximate surface area is 268 Å². The molecule has 0 atom stereocenters. The zero-order valence-corrected chi connectivity index (χ0v) is 27.1. The molecule has 5 aromatic carbocycles. The first kappa shape index (κ1) is 28.2. The van der Waals surface area contributed by atoms with E-state index in [1.54, 1.807) is 0 Å². The summed E-state index contributed by atoms with van der Waals surface area (Å²) in [5, 5.41) is 4.47. The summed E-state index contributed by atoms with van der Waals surface area (Å²) < 4.78 is 8.99. The van der Waals surface area contributed by atoms with Crippen LogP contribution in [0.3, 0.4) is 0 Å². The lowest BCUT2D eigenvalue weighted by Crippen LogP contribution is -2.24. The molecule has 8 aromatic rings. The van der Waals surface area contributed by atoms with Crippen LogP contribution < -0.4 is 0 Å². The Morgan fingerprint density at radius 2 is 1.15 bits per heavy atom. The van der Waals surface area contributed by atoms with Crippen molar-refractivity contribution >= 4 is 43.7 Å². The molecule has 46 heavy (non-hydrogen) atoms. The fourth-order valence-corrected chi connectivity index (χ4v) is 6.46. The molecule has 8 rings (SSSR count). The van der Waals surface area contributed by atoms with E-state index in [2.05, 4.69) is 143 Å². The molecule has 0 saturated heterocycles. The molecule has 0 aliphatic rings. The molecule has 3 heterocycles. The molecular formula is C41H36N4O. The monoisotopic (exact) mass is 600 g/mol. The van der Waals surface area contributed by atoms with Crippen molar-refractivity contribution in [3.8, 4) is 28.2 Å². The third kappa shape index (κ3) is 4.41. The number of para-hydroxylation sites is 3. The first-order chi connectivity index (χ1) is 22.1. The number of nitrogens with zero attached hydrogens (tertiary/aromatic N) is 4. The third-order valence-corrected chi connectivity index (χ3v) is 8.74. The largest absolute Gasteiger partial charge is 0.455 e. The zero-order valence-electron chi connectivity index (χ0n) is 27.1. The molecular weight excluding hydrogens is 564 g/mol. The number of aromatic nitrogens is 4. The minimum atomic E-state index is -0.255. The molecule has 5 heteroatoms. The Kier molecular flexibility index (Phi) is 6.20. The van der Waals surface area contributed by atoms with Crippen LogP contribution in [0.2, 0.25) is 0 Å². The Hall–Kier alpha value is -5.29. The second-order valence-corrected chi connectivity index (χ2v) is 14.2. The van der Waals surface area contributed by atoms with Gasteiger partial charge in [-0.2, -0.15) is 0 Å². The van der Waals surface area contributed by atoms with E-state index in [1.165, 1.54) is 0 Å². The van der Waals surface area contributed by atoms with Crippen LogP contribution in [0.15, 0.2) is 114 Å². The molecule has 5 nitrogen and oxygen atoms in total. The van der Waals surface area contributed by atoms with Crippen LogP contribution in [0.4, 0.5) is 0 Å². The molecule has 0 spiro atoms. The topological polar surface area (TPSA) is 56.7 Å². The van der Waals surface area contributed by atoms with Crippen LogP contribution in [0.25, 0.3) is 71.9 Å². The summed E-state index contributed by atoms with van der Waals surface area (Å²) in [6.07, 6.45) is 0. The first-order valence-corrected chi connectivity index (χ1v) is 15.9. The van der Waals surface area contributed by atoms with Gasteiger partial charge in [0.2, 0.25) is 0 Å². The van der Waals surface area contributed by atoms with Gasteiger partial charge >= 0.3 is 0 Å². The molecule has 0 aliphatic heterocycles. The maximum atomic E-state index is 6.61. The Morgan fingerprint density at radius 3 is 1.87 bits per heavy atom. The highest BCUT2D eigenvalue weighted by atomic mass is 16.3. The van der Waals surface area contributed by atoms with E-state index in [9.17, 15) is 0 Å². The van der Waals surface area contributed by atoms with Gasteiger partial charge < -0.3 is 8.98 Å². The number of hydrogen-bond acceptors (Lipinski definition) is 4.